The van der Waals surface area contributed by atoms with Gasteiger partial charge in [-0.2, -0.15) is 0 Å². The second-order valence-corrected chi connectivity index (χ2v) is 10.5. The molecule has 1 fully saturated rings. The lowest BCUT2D eigenvalue weighted by Gasteiger charge is -2.36. The molecule has 0 spiro atoms. The molecule has 0 atom stereocenters. The number of nitrogens with one attached hydrogen (secondary N) is 1. The number of hydrogen-bond acceptors (Lipinski definition) is 8. The van der Waals surface area contributed by atoms with Gasteiger partial charge >= 0.3 is 0 Å². The quantitative estimate of drug-likeness (QED) is 0.273. The molecule has 39 heavy (non-hydrogen) atoms. The van der Waals surface area contributed by atoms with E-state index in [0.29, 0.717) is 35.5 Å². The van der Waals surface area contributed by atoms with Gasteiger partial charge in [-0.25, -0.2) is 0 Å². The van der Waals surface area contributed by atoms with E-state index in [0.717, 1.165) is 34.6 Å². The van der Waals surface area contributed by atoms with Crippen LogP contribution in [0.4, 0.5) is 11.4 Å². The predicted octanol–water partition coefficient (Wildman–Crippen LogP) is 5.20. The van der Waals surface area contributed by atoms with Crippen molar-refractivity contribution < 1.29 is 18.7 Å². The van der Waals surface area contributed by atoms with Crippen LogP contribution in [-0.4, -0.2) is 66.0 Å². The highest BCUT2D eigenvalue weighted by Crippen LogP contribution is 2.29. The van der Waals surface area contributed by atoms with Gasteiger partial charge in [-0.05, 0) is 76.6 Å². The van der Waals surface area contributed by atoms with Crippen molar-refractivity contribution in [2.75, 3.05) is 49.3 Å². The minimum Gasteiger partial charge on any atom is -0.497 e. The number of aromatic nitrogens is 2. The second-order valence-electron chi connectivity index (χ2n) is 8.74. The maximum atomic E-state index is 12.8. The van der Waals surface area contributed by atoms with E-state index >= 15 is 0 Å². The number of halogens is 1. The first-order valence-corrected chi connectivity index (χ1v) is 14.1. The summed E-state index contributed by atoms with van der Waals surface area (Å²) in [6.45, 7) is 2.74. The van der Waals surface area contributed by atoms with Gasteiger partial charge in [0.25, 0.3) is 11.1 Å². The zero-order valence-electron chi connectivity index (χ0n) is 21.2. The molecular weight excluding hydrogens is 582 g/mol. The zero-order valence-corrected chi connectivity index (χ0v) is 23.6. The third-order valence-electron chi connectivity index (χ3n) is 6.26. The van der Waals surface area contributed by atoms with Gasteiger partial charge in [-0.15, -0.1) is 10.2 Å². The summed E-state index contributed by atoms with van der Waals surface area (Å²) in [6, 6.07) is 22.5. The molecule has 5 rings (SSSR count). The first-order valence-electron chi connectivity index (χ1n) is 12.3. The fourth-order valence-electron chi connectivity index (χ4n) is 4.18. The first kappa shape index (κ1) is 26.8. The Morgan fingerprint density at radius 1 is 0.974 bits per heavy atom. The van der Waals surface area contributed by atoms with Gasteiger partial charge in [0.1, 0.15) is 5.75 Å². The van der Waals surface area contributed by atoms with Crippen LogP contribution in [0.25, 0.3) is 11.5 Å². The van der Waals surface area contributed by atoms with Crippen LogP contribution >= 0.6 is 27.7 Å². The molecule has 0 bridgehead atoms. The standard InChI is InChI=1S/C28H26BrN5O4S/c1-37-22-12-6-19(7-13-22)27(36)34-16-14-33(15-17-34)21-10-8-20(9-11-21)30-25(35)18-39-28-32-31-26(38-28)23-4-2-3-5-24(23)29/h2-13H,14-18H2,1H3,(H,30,35). The SMILES string of the molecule is COc1ccc(C(=O)N2CCN(c3ccc(NC(=O)CSc4nnc(-c5ccccc5Br)o4)cc3)CC2)cc1. The lowest BCUT2D eigenvalue weighted by molar-refractivity contribution is -0.113. The Labute approximate surface area is 238 Å². The lowest BCUT2D eigenvalue weighted by Crippen LogP contribution is -2.48. The number of nitrogens with zero attached hydrogens (tertiary/aromatic N) is 4. The van der Waals surface area contributed by atoms with Crippen molar-refractivity contribution in [1.82, 2.24) is 15.1 Å². The molecule has 11 heteroatoms. The fourth-order valence-corrected chi connectivity index (χ4v) is 5.19. The highest BCUT2D eigenvalue weighted by molar-refractivity contribution is 9.10. The van der Waals surface area contributed by atoms with Gasteiger partial charge in [0, 0.05) is 47.6 Å². The van der Waals surface area contributed by atoms with Crippen molar-refractivity contribution in [2.24, 2.45) is 0 Å². The number of anilines is 2. The van der Waals surface area contributed by atoms with Crippen molar-refractivity contribution in [3.8, 4) is 17.2 Å². The first-order chi connectivity index (χ1) is 19.0. The number of piperazine rings is 1. The summed E-state index contributed by atoms with van der Waals surface area (Å²) in [5.74, 6) is 1.13. The minimum atomic E-state index is -0.168. The molecule has 0 radical (unpaired) electrons. The van der Waals surface area contributed by atoms with Crippen LogP contribution in [-0.2, 0) is 4.79 Å². The van der Waals surface area contributed by atoms with E-state index in [9.17, 15) is 9.59 Å². The lowest BCUT2D eigenvalue weighted by atomic mass is 10.1. The third kappa shape index (κ3) is 6.61. The zero-order chi connectivity index (χ0) is 27.2. The summed E-state index contributed by atoms with van der Waals surface area (Å²) in [7, 11) is 1.61. The summed E-state index contributed by atoms with van der Waals surface area (Å²) in [5.41, 5.74) is 3.21. The van der Waals surface area contributed by atoms with Gasteiger partial charge in [0.2, 0.25) is 11.8 Å². The molecule has 1 N–H and O–H groups in total. The van der Waals surface area contributed by atoms with Crippen LogP contribution in [0, 0.1) is 0 Å². The topological polar surface area (TPSA) is 101 Å². The van der Waals surface area contributed by atoms with E-state index in [2.05, 4.69) is 36.3 Å². The average molecular weight is 609 g/mol. The van der Waals surface area contributed by atoms with E-state index in [1.807, 2.05) is 53.4 Å². The monoisotopic (exact) mass is 607 g/mol. The fraction of sp³-hybridized carbons (Fsp3) is 0.214. The number of thioether (sulfide) groups is 1. The van der Waals surface area contributed by atoms with Crippen LogP contribution in [0.5, 0.6) is 5.75 Å². The Morgan fingerprint density at radius 2 is 1.69 bits per heavy atom. The Bertz CT molecular complexity index is 1440. The molecule has 1 aromatic heterocycles. The van der Waals surface area contributed by atoms with Crippen LogP contribution in [0.3, 0.4) is 0 Å². The van der Waals surface area contributed by atoms with Crippen molar-refractivity contribution in [1.29, 1.82) is 0 Å². The number of methoxy groups -OCH3 is 1. The van der Waals surface area contributed by atoms with Crippen molar-refractivity contribution >= 4 is 50.9 Å². The van der Waals surface area contributed by atoms with Crippen molar-refractivity contribution in [2.45, 2.75) is 5.22 Å². The average Bonchev–Trinajstić information content (AvgIpc) is 3.45. The van der Waals surface area contributed by atoms with Crippen LogP contribution in [0.2, 0.25) is 0 Å². The highest BCUT2D eigenvalue weighted by atomic mass is 79.9. The molecule has 2 heterocycles. The summed E-state index contributed by atoms with van der Waals surface area (Å²) in [6.07, 6.45) is 0. The van der Waals surface area contributed by atoms with E-state index in [1.54, 1.807) is 31.4 Å². The molecule has 0 aliphatic carbocycles. The Morgan fingerprint density at radius 3 is 2.38 bits per heavy atom. The smallest absolute Gasteiger partial charge is 0.277 e. The molecule has 1 aliphatic rings. The van der Waals surface area contributed by atoms with Crippen LogP contribution in [0.15, 0.2) is 86.9 Å². The molecule has 4 aromatic rings. The Kier molecular flexibility index (Phi) is 8.48. The third-order valence-corrected chi connectivity index (χ3v) is 7.77. The van der Waals surface area contributed by atoms with Crippen LogP contribution in [0.1, 0.15) is 10.4 Å². The van der Waals surface area contributed by atoms with Gasteiger partial charge < -0.3 is 24.3 Å². The van der Waals surface area contributed by atoms with Crippen molar-refractivity contribution in [3.05, 3.63) is 82.8 Å². The number of ether oxygens (including phenoxy) is 1. The number of carbonyl (C=O) groups excluding carboxylic acids is 2. The molecule has 0 unspecified atom stereocenters. The van der Waals surface area contributed by atoms with Crippen molar-refractivity contribution in [3.63, 3.8) is 0 Å². The highest BCUT2D eigenvalue weighted by Gasteiger charge is 2.22. The normalized spacial score (nSPS) is 13.3. The summed E-state index contributed by atoms with van der Waals surface area (Å²) in [4.78, 5) is 29.4. The van der Waals surface area contributed by atoms with Crippen LogP contribution < -0.4 is 15.0 Å². The molecular formula is C28H26BrN5O4S. The summed E-state index contributed by atoms with van der Waals surface area (Å²) >= 11 is 4.66. The van der Waals surface area contributed by atoms with E-state index in [1.165, 1.54) is 11.8 Å². The maximum Gasteiger partial charge on any atom is 0.277 e. The second kappa shape index (κ2) is 12.4. The molecule has 1 aliphatic heterocycles. The molecule has 0 saturated carbocycles. The molecule has 2 amide bonds. The number of rotatable bonds is 8. The largest absolute Gasteiger partial charge is 0.497 e. The number of hydrogen-bond donors (Lipinski definition) is 1. The van der Waals surface area contributed by atoms with Gasteiger partial charge in [-0.1, -0.05) is 23.9 Å². The molecule has 200 valence electrons. The van der Waals surface area contributed by atoms with E-state index in [4.69, 9.17) is 9.15 Å². The Hall–Kier alpha value is -3.83. The number of benzene rings is 3. The summed E-state index contributed by atoms with van der Waals surface area (Å²) < 4.78 is 11.7. The minimum absolute atomic E-state index is 0.0259. The van der Waals surface area contributed by atoms with Gasteiger partial charge in [0.05, 0.1) is 18.4 Å². The molecule has 3 aromatic carbocycles. The van der Waals surface area contributed by atoms with Gasteiger partial charge in [0.15, 0.2) is 0 Å². The summed E-state index contributed by atoms with van der Waals surface area (Å²) in [5, 5.41) is 11.3. The van der Waals surface area contributed by atoms with Gasteiger partial charge in [-0.3, -0.25) is 9.59 Å². The molecule has 1 saturated heterocycles. The number of carbonyl (C=O) groups is 2. The maximum absolute atomic E-state index is 12.8. The molecule has 9 nitrogen and oxygen atoms in total. The van der Waals surface area contributed by atoms with E-state index < -0.39 is 0 Å². The predicted molar refractivity (Wildman–Crippen MR) is 154 cm³/mol. The Balaban J connectivity index is 1.08. The number of amides is 2. The van der Waals surface area contributed by atoms with E-state index in [-0.39, 0.29) is 17.6 Å².